The first-order chi connectivity index (χ1) is 20.0. The highest BCUT2D eigenvalue weighted by molar-refractivity contribution is 6.11. The van der Waals surface area contributed by atoms with Crippen molar-refractivity contribution in [2.24, 2.45) is 22.7 Å². The zero-order valence-electron chi connectivity index (χ0n) is 25.1. The highest BCUT2D eigenvalue weighted by Gasteiger charge is 2.64. The van der Waals surface area contributed by atoms with E-state index in [0.29, 0.717) is 17.4 Å². The summed E-state index contributed by atoms with van der Waals surface area (Å²) < 4.78 is 11.4. The molecule has 3 aliphatic rings. The van der Waals surface area contributed by atoms with E-state index in [2.05, 4.69) is 20.8 Å². The van der Waals surface area contributed by atoms with Crippen molar-refractivity contribution in [3.63, 3.8) is 0 Å². The second-order valence-corrected chi connectivity index (χ2v) is 13.1. The number of hydrogen-bond acceptors (Lipinski definition) is 6. The molecule has 2 aliphatic carbocycles. The summed E-state index contributed by atoms with van der Waals surface area (Å²) in [5.74, 6) is -0.154. The van der Waals surface area contributed by atoms with Gasteiger partial charge in [0.25, 0.3) is 0 Å². The van der Waals surface area contributed by atoms with Crippen LogP contribution >= 0.6 is 0 Å². The summed E-state index contributed by atoms with van der Waals surface area (Å²) in [6, 6.07) is 10.6. The fourth-order valence-electron chi connectivity index (χ4n) is 8.01. The monoisotopic (exact) mass is 570 g/mol. The zero-order chi connectivity index (χ0) is 30.1. The number of benzene rings is 2. The van der Waals surface area contributed by atoms with Gasteiger partial charge in [-0.25, -0.2) is 0 Å². The number of phenolic OH excluding ortho intramolecular Hbond substituents is 2. The largest absolute Gasteiger partial charge is 0.507 e. The number of epoxide rings is 1. The Morgan fingerprint density at radius 3 is 2.48 bits per heavy atom. The van der Waals surface area contributed by atoms with Crippen molar-refractivity contribution >= 4 is 24.2 Å². The molecule has 5 rings (SSSR count). The van der Waals surface area contributed by atoms with Crippen LogP contribution in [-0.2, 0) is 9.53 Å². The van der Waals surface area contributed by atoms with Crippen LogP contribution in [0, 0.1) is 22.7 Å². The van der Waals surface area contributed by atoms with Gasteiger partial charge in [-0.15, -0.1) is 0 Å². The molecule has 6 heteroatoms. The number of carbonyl (C=O) groups is 2. The molecule has 1 heterocycles. The quantitative estimate of drug-likeness (QED) is 0.106. The van der Waals surface area contributed by atoms with E-state index in [9.17, 15) is 19.8 Å². The van der Waals surface area contributed by atoms with Gasteiger partial charge >= 0.3 is 0 Å². The summed E-state index contributed by atoms with van der Waals surface area (Å²) in [5.41, 5.74) is 1.58. The van der Waals surface area contributed by atoms with E-state index in [1.165, 1.54) is 51.0 Å². The van der Waals surface area contributed by atoms with E-state index in [1.54, 1.807) is 12.2 Å². The van der Waals surface area contributed by atoms with Crippen molar-refractivity contribution in [1.82, 2.24) is 0 Å². The number of methoxy groups -OCH3 is 1. The molecule has 1 aliphatic heterocycles. The lowest BCUT2D eigenvalue weighted by Gasteiger charge is -2.59. The lowest BCUT2D eigenvalue weighted by molar-refractivity contribution is -0.106. The predicted octanol–water partition coefficient (Wildman–Crippen LogP) is 7.54. The first-order valence-corrected chi connectivity index (χ1v) is 14.9. The second kappa shape index (κ2) is 11.6. The summed E-state index contributed by atoms with van der Waals surface area (Å²) >= 11 is 0. The van der Waals surface area contributed by atoms with Gasteiger partial charge < -0.3 is 19.7 Å². The second-order valence-electron chi connectivity index (χ2n) is 13.1. The molecule has 222 valence electrons. The lowest BCUT2D eigenvalue weighted by Crippen LogP contribution is -2.54. The van der Waals surface area contributed by atoms with E-state index < -0.39 is 11.5 Å². The summed E-state index contributed by atoms with van der Waals surface area (Å²) in [6.07, 6.45) is 15.4. The maximum atomic E-state index is 13.1. The van der Waals surface area contributed by atoms with Crippen LogP contribution in [0.3, 0.4) is 0 Å². The van der Waals surface area contributed by atoms with E-state index in [1.807, 2.05) is 36.4 Å². The molecule has 42 heavy (non-hydrogen) atoms. The van der Waals surface area contributed by atoms with Crippen LogP contribution in [0.4, 0.5) is 0 Å². The van der Waals surface area contributed by atoms with Crippen LogP contribution in [0.5, 0.6) is 17.2 Å². The maximum absolute atomic E-state index is 13.1. The Bertz CT molecular complexity index is 1430. The number of carbonyl (C=O) groups excluding carboxylic acids is 2. The van der Waals surface area contributed by atoms with Gasteiger partial charge in [-0.1, -0.05) is 75.8 Å². The average molecular weight is 571 g/mol. The molecular formula is C36H42O6. The van der Waals surface area contributed by atoms with Crippen molar-refractivity contribution in [3.05, 3.63) is 76.9 Å². The van der Waals surface area contributed by atoms with Crippen LogP contribution in [-0.4, -0.2) is 41.6 Å². The summed E-state index contributed by atoms with van der Waals surface area (Å²) in [4.78, 5) is 25.2. The topological polar surface area (TPSA) is 96.4 Å². The van der Waals surface area contributed by atoms with Gasteiger partial charge in [0.15, 0.2) is 5.78 Å². The highest BCUT2D eigenvalue weighted by atomic mass is 16.6. The van der Waals surface area contributed by atoms with Gasteiger partial charge in [-0.05, 0) is 72.5 Å². The van der Waals surface area contributed by atoms with E-state index in [4.69, 9.17) is 9.47 Å². The molecule has 3 fully saturated rings. The Morgan fingerprint density at radius 1 is 1.07 bits per heavy atom. The van der Waals surface area contributed by atoms with Crippen LogP contribution in [0.2, 0.25) is 0 Å². The smallest absolute Gasteiger partial charge is 0.193 e. The SMILES string of the molecule is COc1cc(O)c(C=CC(C=O)=CCC2C3(CCC4C(C)(C)CCCC42C)CO3)c(O)c1C(=O)C=Cc1ccccc1. The Labute approximate surface area is 248 Å². The molecule has 6 nitrogen and oxygen atoms in total. The molecule has 4 atom stereocenters. The number of allylic oxidation sites excluding steroid dienone is 4. The molecule has 0 radical (unpaired) electrons. The Morgan fingerprint density at radius 2 is 1.81 bits per heavy atom. The predicted molar refractivity (Wildman–Crippen MR) is 165 cm³/mol. The van der Waals surface area contributed by atoms with Gasteiger partial charge in [0.1, 0.15) is 29.1 Å². The third-order valence-corrected chi connectivity index (χ3v) is 10.2. The molecule has 0 bridgehead atoms. The Kier molecular flexibility index (Phi) is 8.21. The number of ketones is 1. The molecule has 0 aromatic heterocycles. The van der Waals surface area contributed by atoms with Gasteiger partial charge in [0, 0.05) is 11.6 Å². The fraction of sp³-hybridized carbons (Fsp3) is 0.444. The first kappa shape index (κ1) is 29.8. The number of aldehydes is 1. The van der Waals surface area contributed by atoms with Gasteiger partial charge in [0.2, 0.25) is 0 Å². The number of ether oxygens (including phenoxy) is 2. The van der Waals surface area contributed by atoms with Gasteiger partial charge in [-0.2, -0.15) is 0 Å². The number of fused-ring (bicyclic) bond motifs is 1. The van der Waals surface area contributed by atoms with Crippen LogP contribution in [0.25, 0.3) is 12.2 Å². The van der Waals surface area contributed by atoms with Crippen molar-refractivity contribution in [1.29, 1.82) is 0 Å². The minimum Gasteiger partial charge on any atom is -0.507 e. The van der Waals surface area contributed by atoms with Crippen LogP contribution < -0.4 is 4.74 Å². The highest BCUT2D eigenvalue weighted by Crippen LogP contribution is 2.66. The van der Waals surface area contributed by atoms with Crippen LogP contribution in [0.15, 0.2) is 60.2 Å². The molecule has 2 saturated carbocycles. The third kappa shape index (κ3) is 5.57. The molecule has 2 aromatic carbocycles. The van der Waals surface area contributed by atoms with Crippen molar-refractivity contribution in [2.75, 3.05) is 13.7 Å². The lowest BCUT2D eigenvalue weighted by atomic mass is 9.46. The molecule has 2 aromatic rings. The van der Waals surface area contributed by atoms with E-state index >= 15 is 0 Å². The Hall–Kier alpha value is -3.64. The van der Waals surface area contributed by atoms with Gasteiger partial charge in [0.05, 0.1) is 24.9 Å². The number of phenols is 2. The van der Waals surface area contributed by atoms with Gasteiger partial charge in [-0.3, -0.25) is 9.59 Å². The zero-order valence-corrected chi connectivity index (χ0v) is 25.1. The fourth-order valence-corrected chi connectivity index (χ4v) is 8.01. The molecule has 1 spiro atoms. The van der Waals surface area contributed by atoms with Crippen LogP contribution in [0.1, 0.15) is 80.8 Å². The normalized spacial score (nSPS) is 28.6. The average Bonchev–Trinajstić information content (AvgIpc) is 3.73. The third-order valence-electron chi connectivity index (χ3n) is 10.2. The van der Waals surface area contributed by atoms with E-state index in [-0.39, 0.29) is 39.1 Å². The Balaban J connectivity index is 1.41. The van der Waals surface area contributed by atoms with Crippen molar-refractivity contribution in [2.45, 2.75) is 64.9 Å². The number of rotatable bonds is 9. The summed E-state index contributed by atoms with van der Waals surface area (Å²) in [7, 11) is 1.37. The molecule has 0 amide bonds. The standard InChI is InChI=1S/C36H42O6/c1-34(2)18-8-19-35(3)30(34)17-20-36(23-42-36)31(35)16-13-25(22-37)11-14-26-28(39)21-29(41-4)32(33(26)40)27(38)15-12-24-9-6-5-7-10-24/h5-7,9-15,21-22,30-31,39-40H,8,16-20,23H2,1-4H3. The molecular weight excluding hydrogens is 528 g/mol. The molecule has 2 N–H and O–H groups in total. The summed E-state index contributed by atoms with van der Waals surface area (Å²) in [5, 5.41) is 21.8. The van der Waals surface area contributed by atoms with E-state index in [0.717, 1.165) is 31.3 Å². The minimum absolute atomic E-state index is 0.0423. The number of aromatic hydroxyl groups is 2. The molecule has 4 unspecified atom stereocenters. The van der Waals surface area contributed by atoms with Crippen molar-refractivity contribution < 1.29 is 29.3 Å². The van der Waals surface area contributed by atoms with Crippen molar-refractivity contribution in [3.8, 4) is 17.2 Å². The maximum Gasteiger partial charge on any atom is 0.193 e. The first-order valence-electron chi connectivity index (χ1n) is 14.9. The summed E-state index contributed by atoms with van der Waals surface area (Å²) in [6.45, 7) is 8.01. The minimum atomic E-state index is -0.473. The number of hydrogen-bond donors (Lipinski definition) is 2. The molecule has 1 saturated heterocycles.